The summed E-state index contributed by atoms with van der Waals surface area (Å²) in [6.45, 7) is 2.46. The summed E-state index contributed by atoms with van der Waals surface area (Å²) in [4.78, 5) is 21.2. The molecule has 236 valence electrons. The third kappa shape index (κ3) is 6.96. The maximum Gasteiger partial charge on any atom is 0.248 e. The standard InChI is InChI=1S/C36H36N4O5S/c41-31-15-13-29(30-14-16-33(43)40-34(30)31)32(42)23-38-20-18-27-11-12-28(46-27)22-37-19-17-26-21-39-35(45-26)36(44,24-7-3-1-4-8-24)25-9-5-2-6-10-25/h1-16,21,32,37-38,41-42,44H,17-20,22-23H2,(H,40,43)/t32-/m0/s1. The van der Waals surface area contributed by atoms with Gasteiger partial charge in [0.05, 0.1) is 17.8 Å². The minimum atomic E-state index is -1.49. The van der Waals surface area contributed by atoms with E-state index in [0.717, 1.165) is 13.0 Å². The van der Waals surface area contributed by atoms with Gasteiger partial charge in [0.1, 0.15) is 11.5 Å². The number of aliphatic hydroxyl groups is 2. The average Bonchev–Trinajstić information content (AvgIpc) is 3.76. The van der Waals surface area contributed by atoms with Gasteiger partial charge in [0.15, 0.2) is 5.60 Å². The highest BCUT2D eigenvalue weighted by atomic mass is 32.1. The highest BCUT2D eigenvalue weighted by Gasteiger charge is 2.38. The Balaban J connectivity index is 0.966. The Morgan fingerprint density at radius 3 is 2.28 bits per heavy atom. The van der Waals surface area contributed by atoms with Crippen LogP contribution in [-0.4, -0.2) is 44.9 Å². The zero-order valence-electron chi connectivity index (χ0n) is 25.1. The van der Waals surface area contributed by atoms with Crippen LogP contribution in [0.5, 0.6) is 5.75 Å². The number of nitrogens with one attached hydrogen (secondary N) is 3. The van der Waals surface area contributed by atoms with Gasteiger partial charge in [-0.2, -0.15) is 0 Å². The van der Waals surface area contributed by atoms with Crippen molar-refractivity contribution in [3.8, 4) is 5.75 Å². The normalized spacial score (nSPS) is 12.5. The van der Waals surface area contributed by atoms with Crippen LogP contribution in [0.1, 0.15) is 44.2 Å². The topological polar surface area (TPSA) is 144 Å². The van der Waals surface area contributed by atoms with Crippen LogP contribution in [0.3, 0.4) is 0 Å². The lowest BCUT2D eigenvalue weighted by Crippen LogP contribution is -2.29. The number of H-pyrrole nitrogens is 1. The largest absolute Gasteiger partial charge is 0.506 e. The molecule has 0 radical (unpaired) electrons. The van der Waals surface area contributed by atoms with Crippen LogP contribution in [-0.2, 0) is 25.0 Å². The molecule has 0 amide bonds. The molecule has 46 heavy (non-hydrogen) atoms. The number of hydrogen-bond donors (Lipinski definition) is 6. The molecule has 9 nitrogen and oxygen atoms in total. The van der Waals surface area contributed by atoms with Crippen LogP contribution in [0, 0.1) is 0 Å². The number of aromatic hydroxyl groups is 1. The van der Waals surface area contributed by atoms with Crippen molar-refractivity contribution in [2.75, 3.05) is 19.6 Å². The van der Waals surface area contributed by atoms with E-state index >= 15 is 0 Å². The molecular formula is C36H36N4O5S. The van der Waals surface area contributed by atoms with E-state index in [1.807, 2.05) is 60.7 Å². The summed E-state index contributed by atoms with van der Waals surface area (Å²) in [5.41, 5.74) is 0.558. The Morgan fingerprint density at radius 1 is 0.848 bits per heavy atom. The van der Waals surface area contributed by atoms with Gasteiger partial charge in [-0.1, -0.05) is 66.7 Å². The molecule has 6 aromatic rings. The molecule has 0 bridgehead atoms. The van der Waals surface area contributed by atoms with Crippen molar-refractivity contribution in [1.29, 1.82) is 0 Å². The number of fused-ring (bicyclic) bond motifs is 1. The summed E-state index contributed by atoms with van der Waals surface area (Å²) in [5.74, 6) is 0.917. The minimum Gasteiger partial charge on any atom is -0.506 e. The number of nitrogens with zero attached hydrogens (tertiary/aromatic N) is 1. The molecule has 0 fully saturated rings. The van der Waals surface area contributed by atoms with Gasteiger partial charge in [-0.25, -0.2) is 4.98 Å². The Morgan fingerprint density at radius 2 is 1.54 bits per heavy atom. The Labute approximate surface area is 270 Å². The maximum absolute atomic E-state index is 11.9. The molecule has 0 saturated heterocycles. The van der Waals surface area contributed by atoms with Crippen molar-refractivity contribution in [3.05, 3.63) is 152 Å². The first kappa shape index (κ1) is 31.4. The highest BCUT2D eigenvalue weighted by Crippen LogP contribution is 2.36. The lowest BCUT2D eigenvalue weighted by atomic mass is 9.86. The fourth-order valence-corrected chi connectivity index (χ4v) is 6.53. The molecule has 0 aliphatic carbocycles. The molecule has 1 atom stereocenters. The van der Waals surface area contributed by atoms with Crippen LogP contribution < -0.4 is 16.2 Å². The number of pyridine rings is 1. The third-order valence-electron chi connectivity index (χ3n) is 7.96. The second kappa shape index (κ2) is 14.2. The number of hydrogen-bond acceptors (Lipinski definition) is 9. The van der Waals surface area contributed by atoms with E-state index in [2.05, 4.69) is 32.7 Å². The molecule has 0 aliphatic rings. The molecule has 3 aromatic carbocycles. The van der Waals surface area contributed by atoms with Gasteiger partial charge in [-0.05, 0) is 47.4 Å². The van der Waals surface area contributed by atoms with E-state index in [9.17, 15) is 20.1 Å². The lowest BCUT2D eigenvalue weighted by Gasteiger charge is -2.26. The molecule has 0 aliphatic heterocycles. The highest BCUT2D eigenvalue weighted by molar-refractivity contribution is 7.11. The van der Waals surface area contributed by atoms with Gasteiger partial charge < -0.3 is 35.4 Å². The van der Waals surface area contributed by atoms with Gasteiger partial charge in [-0.3, -0.25) is 4.79 Å². The van der Waals surface area contributed by atoms with Crippen LogP contribution in [0.25, 0.3) is 10.9 Å². The van der Waals surface area contributed by atoms with Crippen molar-refractivity contribution in [2.45, 2.75) is 31.1 Å². The van der Waals surface area contributed by atoms with Gasteiger partial charge >= 0.3 is 0 Å². The summed E-state index contributed by atoms with van der Waals surface area (Å²) < 4.78 is 6.10. The zero-order valence-corrected chi connectivity index (χ0v) is 26.0. The number of thiophene rings is 1. The number of aromatic nitrogens is 2. The smallest absolute Gasteiger partial charge is 0.248 e. The number of aliphatic hydroxyl groups excluding tert-OH is 1. The minimum absolute atomic E-state index is 0.0258. The van der Waals surface area contributed by atoms with E-state index in [4.69, 9.17) is 4.42 Å². The van der Waals surface area contributed by atoms with Gasteiger partial charge in [-0.15, -0.1) is 11.3 Å². The van der Waals surface area contributed by atoms with Crippen molar-refractivity contribution >= 4 is 22.2 Å². The van der Waals surface area contributed by atoms with Crippen molar-refractivity contribution < 1.29 is 19.7 Å². The molecule has 3 heterocycles. The number of phenols is 1. The third-order valence-corrected chi connectivity index (χ3v) is 9.11. The van der Waals surface area contributed by atoms with E-state index < -0.39 is 11.7 Å². The van der Waals surface area contributed by atoms with Gasteiger partial charge in [0, 0.05) is 53.8 Å². The Bertz CT molecular complexity index is 1900. The monoisotopic (exact) mass is 636 g/mol. The van der Waals surface area contributed by atoms with Crippen molar-refractivity contribution in [3.63, 3.8) is 0 Å². The van der Waals surface area contributed by atoms with Crippen LogP contribution in [0.4, 0.5) is 0 Å². The summed E-state index contributed by atoms with van der Waals surface area (Å²) in [6, 6.07) is 29.3. The Hall–Kier alpha value is -4.58. The van der Waals surface area contributed by atoms with Crippen LogP contribution in [0.15, 0.2) is 112 Å². The zero-order chi connectivity index (χ0) is 31.9. The van der Waals surface area contributed by atoms with E-state index in [1.54, 1.807) is 29.7 Å². The molecule has 3 aromatic heterocycles. The van der Waals surface area contributed by atoms with Crippen LogP contribution >= 0.6 is 11.3 Å². The molecule has 0 unspecified atom stereocenters. The quantitative estimate of drug-likeness (QED) is 0.0940. The number of oxazole rings is 1. The molecule has 0 spiro atoms. The molecule has 6 N–H and O–H groups in total. The first-order chi connectivity index (χ1) is 22.4. The first-order valence-corrected chi connectivity index (χ1v) is 16.0. The second-order valence-corrected chi connectivity index (χ2v) is 12.4. The average molecular weight is 637 g/mol. The summed E-state index contributed by atoms with van der Waals surface area (Å²) in [7, 11) is 0. The summed E-state index contributed by atoms with van der Waals surface area (Å²) in [5, 5.41) is 40.1. The van der Waals surface area contributed by atoms with Crippen molar-refractivity contribution in [1.82, 2.24) is 20.6 Å². The number of benzene rings is 3. The van der Waals surface area contributed by atoms with Gasteiger partial charge in [0.2, 0.25) is 11.4 Å². The van der Waals surface area contributed by atoms with E-state index in [0.29, 0.717) is 59.4 Å². The van der Waals surface area contributed by atoms with E-state index in [-0.39, 0.29) is 17.2 Å². The van der Waals surface area contributed by atoms with E-state index in [1.165, 1.54) is 21.9 Å². The number of rotatable bonds is 14. The maximum atomic E-state index is 11.9. The molecular weight excluding hydrogens is 600 g/mol. The number of phenolic OH excluding ortho intramolecular Hbond substituents is 1. The molecule has 10 heteroatoms. The predicted octanol–water partition coefficient (Wildman–Crippen LogP) is 4.77. The predicted molar refractivity (Wildman–Crippen MR) is 179 cm³/mol. The SMILES string of the molecule is O=c1ccc2c([C@@H](O)CNCCc3ccc(CNCCc4cnc(C(O)(c5ccccc5)c5ccccc5)o4)s3)ccc(O)c2[nH]1. The molecule has 0 saturated carbocycles. The lowest BCUT2D eigenvalue weighted by molar-refractivity contribution is 0.0913. The Kier molecular flexibility index (Phi) is 9.72. The second-order valence-electron chi connectivity index (χ2n) is 11.1. The molecule has 6 rings (SSSR count). The number of aromatic amines is 1. The fraction of sp³-hybridized carbons (Fsp3) is 0.222. The van der Waals surface area contributed by atoms with Gasteiger partial charge in [0.25, 0.3) is 0 Å². The van der Waals surface area contributed by atoms with Crippen LogP contribution in [0.2, 0.25) is 0 Å². The fourth-order valence-electron chi connectivity index (χ4n) is 5.55. The summed E-state index contributed by atoms with van der Waals surface area (Å²) in [6.07, 6.45) is 2.35. The summed E-state index contributed by atoms with van der Waals surface area (Å²) >= 11 is 1.75. The first-order valence-electron chi connectivity index (χ1n) is 15.2. The van der Waals surface area contributed by atoms with Crippen molar-refractivity contribution in [2.24, 2.45) is 0 Å².